The molecule has 1 aromatic carbocycles. The molecule has 1 amide bonds. The Morgan fingerprint density at radius 2 is 2.00 bits per heavy atom. The zero-order chi connectivity index (χ0) is 17.6. The third kappa shape index (κ3) is 4.56. The number of fused-ring (bicyclic) bond motifs is 1. The molecule has 1 aliphatic rings. The van der Waals surface area contributed by atoms with Crippen molar-refractivity contribution in [2.45, 2.75) is 45.4 Å². The van der Waals surface area contributed by atoms with Crippen LogP contribution >= 0.6 is 0 Å². The fourth-order valence-corrected chi connectivity index (χ4v) is 3.46. The second kappa shape index (κ2) is 8.10. The average molecular weight is 339 g/mol. The summed E-state index contributed by atoms with van der Waals surface area (Å²) in [5.74, 6) is 0.715. The van der Waals surface area contributed by atoms with Crippen molar-refractivity contribution in [3.8, 4) is 0 Å². The Morgan fingerprint density at radius 1 is 1.24 bits per heavy atom. The van der Waals surface area contributed by atoms with Crippen LogP contribution in [0.5, 0.6) is 0 Å². The predicted octanol–water partition coefficient (Wildman–Crippen LogP) is 2.32. The molecular formula is C20H25N3O2. The number of rotatable bonds is 5. The Kier molecular flexibility index (Phi) is 5.64. The normalized spacial score (nSPS) is 16.8. The van der Waals surface area contributed by atoms with Gasteiger partial charge in [0.2, 0.25) is 5.91 Å². The zero-order valence-electron chi connectivity index (χ0n) is 14.7. The van der Waals surface area contributed by atoms with Crippen molar-refractivity contribution in [3.63, 3.8) is 0 Å². The van der Waals surface area contributed by atoms with Gasteiger partial charge in [-0.25, -0.2) is 4.98 Å². The molecule has 25 heavy (non-hydrogen) atoms. The lowest BCUT2D eigenvalue weighted by molar-refractivity contribution is -0.125. The van der Waals surface area contributed by atoms with Gasteiger partial charge in [0, 0.05) is 18.0 Å². The number of hydrogen-bond acceptors (Lipinski definition) is 3. The minimum absolute atomic E-state index is 0.0365. The second-order valence-electron chi connectivity index (χ2n) is 6.73. The highest BCUT2D eigenvalue weighted by atomic mass is 16.2. The van der Waals surface area contributed by atoms with Crippen molar-refractivity contribution >= 4 is 5.91 Å². The number of benzene rings is 1. The van der Waals surface area contributed by atoms with Crippen molar-refractivity contribution in [2.24, 2.45) is 5.92 Å². The third-order valence-corrected chi connectivity index (χ3v) is 4.85. The van der Waals surface area contributed by atoms with Crippen molar-refractivity contribution in [2.75, 3.05) is 6.54 Å². The van der Waals surface area contributed by atoms with E-state index in [4.69, 9.17) is 0 Å². The topological polar surface area (TPSA) is 74.8 Å². The summed E-state index contributed by atoms with van der Waals surface area (Å²) in [6.07, 6.45) is 4.69. The van der Waals surface area contributed by atoms with Crippen LogP contribution in [0.25, 0.3) is 0 Å². The summed E-state index contributed by atoms with van der Waals surface area (Å²) < 4.78 is 0. The maximum Gasteiger partial charge on any atom is 0.254 e. The Labute approximate surface area is 147 Å². The van der Waals surface area contributed by atoms with Crippen LogP contribution in [0.3, 0.4) is 0 Å². The van der Waals surface area contributed by atoms with E-state index < -0.39 is 0 Å². The van der Waals surface area contributed by atoms with Crippen LogP contribution in [0.2, 0.25) is 0 Å². The van der Waals surface area contributed by atoms with E-state index in [0.29, 0.717) is 31.6 Å². The van der Waals surface area contributed by atoms with E-state index in [1.165, 1.54) is 5.56 Å². The van der Waals surface area contributed by atoms with Gasteiger partial charge in [-0.1, -0.05) is 30.3 Å². The summed E-state index contributed by atoms with van der Waals surface area (Å²) >= 11 is 0. The Morgan fingerprint density at radius 3 is 2.80 bits per heavy atom. The molecule has 132 valence electrons. The summed E-state index contributed by atoms with van der Waals surface area (Å²) in [6.45, 7) is 2.48. The van der Waals surface area contributed by atoms with E-state index in [1.807, 2.05) is 18.2 Å². The molecule has 5 nitrogen and oxygen atoms in total. The molecule has 1 aromatic heterocycles. The van der Waals surface area contributed by atoms with Crippen LogP contribution < -0.4 is 10.9 Å². The first-order valence-electron chi connectivity index (χ1n) is 9.04. The molecule has 0 spiro atoms. The molecule has 3 rings (SSSR count). The number of aromatic amines is 1. The van der Waals surface area contributed by atoms with E-state index >= 15 is 0 Å². The fraction of sp³-hybridized carbons (Fsp3) is 0.450. The first-order chi connectivity index (χ1) is 12.1. The maximum atomic E-state index is 12.4. The van der Waals surface area contributed by atoms with Gasteiger partial charge in [-0.3, -0.25) is 9.59 Å². The number of carbonyl (C=O) groups is 1. The second-order valence-corrected chi connectivity index (χ2v) is 6.73. The molecular weight excluding hydrogens is 314 g/mol. The lowest BCUT2D eigenvalue weighted by atomic mass is 9.98. The van der Waals surface area contributed by atoms with Gasteiger partial charge >= 0.3 is 0 Å². The summed E-state index contributed by atoms with van der Waals surface area (Å²) in [5.41, 5.74) is 2.86. The third-order valence-electron chi connectivity index (χ3n) is 4.85. The highest BCUT2D eigenvalue weighted by Crippen LogP contribution is 2.21. The molecule has 5 heteroatoms. The van der Waals surface area contributed by atoms with Crippen LogP contribution in [0, 0.1) is 12.8 Å². The summed E-state index contributed by atoms with van der Waals surface area (Å²) in [4.78, 5) is 31.7. The lowest BCUT2D eigenvalue weighted by Gasteiger charge is -2.14. The number of carbonyl (C=O) groups excluding carboxylic acids is 1. The first kappa shape index (κ1) is 17.4. The van der Waals surface area contributed by atoms with Crippen LogP contribution in [-0.4, -0.2) is 22.4 Å². The van der Waals surface area contributed by atoms with Crippen LogP contribution in [0.1, 0.15) is 41.9 Å². The van der Waals surface area contributed by atoms with Crippen LogP contribution in [0.15, 0.2) is 35.1 Å². The molecule has 2 N–H and O–H groups in total. The van der Waals surface area contributed by atoms with Crippen LogP contribution in [0.4, 0.5) is 0 Å². The molecule has 1 heterocycles. The van der Waals surface area contributed by atoms with Gasteiger partial charge in [0.1, 0.15) is 5.82 Å². The van der Waals surface area contributed by atoms with Crippen molar-refractivity contribution in [1.29, 1.82) is 0 Å². The van der Waals surface area contributed by atoms with E-state index in [9.17, 15) is 9.59 Å². The average Bonchev–Trinajstić information content (AvgIpc) is 2.82. The minimum atomic E-state index is -0.0496. The van der Waals surface area contributed by atoms with Crippen molar-refractivity contribution in [1.82, 2.24) is 15.3 Å². The number of nitrogens with zero attached hydrogens (tertiary/aromatic N) is 1. The highest BCUT2D eigenvalue weighted by molar-refractivity contribution is 5.78. The molecule has 1 aliphatic carbocycles. The summed E-state index contributed by atoms with van der Waals surface area (Å²) in [7, 11) is 0. The molecule has 0 saturated heterocycles. The van der Waals surface area contributed by atoms with Crippen molar-refractivity contribution in [3.05, 3.63) is 63.3 Å². The smallest absolute Gasteiger partial charge is 0.254 e. The molecule has 0 fully saturated rings. The zero-order valence-corrected chi connectivity index (χ0v) is 14.7. The fourth-order valence-electron chi connectivity index (χ4n) is 3.46. The number of nitrogens with one attached hydrogen (secondary N) is 2. The molecule has 2 aromatic rings. The van der Waals surface area contributed by atoms with Gasteiger partial charge < -0.3 is 10.3 Å². The predicted molar refractivity (Wildman–Crippen MR) is 97.5 cm³/mol. The van der Waals surface area contributed by atoms with Gasteiger partial charge in [-0.2, -0.15) is 0 Å². The van der Waals surface area contributed by atoms with Gasteiger partial charge in [-0.15, -0.1) is 0 Å². The quantitative estimate of drug-likeness (QED) is 0.648. The first-order valence-corrected chi connectivity index (χ1v) is 9.04. The maximum absolute atomic E-state index is 12.4. The van der Waals surface area contributed by atoms with E-state index in [0.717, 1.165) is 30.5 Å². The largest absolute Gasteiger partial charge is 0.356 e. The Balaban J connectivity index is 1.49. The molecule has 0 aliphatic heterocycles. The molecule has 1 unspecified atom stereocenters. The van der Waals surface area contributed by atoms with Crippen LogP contribution in [-0.2, 0) is 24.1 Å². The number of H-pyrrole nitrogens is 1. The summed E-state index contributed by atoms with van der Waals surface area (Å²) in [6, 6.07) is 10.3. The highest BCUT2D eigenvalue weighted by Gasteiger charge is 2.24. The number of hydrogen-bond donors (Lipinski definition) is 2. The number of amides is 1. The van der Waals surface area contributed by atoms with Gasteiger partial charge in [-0.05, 0) is 51.0 Å². The van der Waals surface area contributed by atoms with E-state index in [-0.39, 0.29) is 17.4 Å². The molecule has 1 atom stereocenters. The minimum Gasteiger partial charge on any atom is -0.356 e. The van der Waals surface area contributed by atoms with Gasteiger partial charge in [0.25, 0.3) is 5.56 Å². The monoisotopic (exact) mass is 339 g/mol. The van der Waals surface area contributed by atoms with Gasteiger partial charge in [0.15, 0.2) is 0 Å². The van der Waals surface area contributed by atoms with E-state index in [2.05, 4.69) is 27.4 Å². The number of aryl methyl sites for hydroxylation is 3. The Bertz CT molecular complexity index is 783. The number of aromatic nitrogens is 2. The van der Waals surface area contributed by atoms with E-state index in [1.54, 1.807) is 6.92 Å². The van der Waals surface area contributed by atoms with Crippen molar-refractivity contribution < 1.29 is 4.79 Å². The SMILES string of the molecule is Cc1nc2c(c(=O)[nH]1)CCC(C(=O)NCCCc1ccccc1)CC2. The molecule has 0 saturated carbocycles. The molecule has 0 radical (unpaired) electrons. The lowest BCUT2D eigenvalue weighted by Crippen LogP contribution is -2.32. The Hall–Kier alpha value is -2.43. The molecule has 0 bridgehead atoms. The summed E-state index contributed by atoms with van der Waals surface area (Å²) in [5, 5.41) is 3.06. The van der Waals surface area contributed by atoms with Gasteiger partial charge in [0.05, 0.1) is 5.69 Å². The standard InChI is InChI=1S/C20H25N3O2/c1-14-22-18-12-10-16(9-11-17(18)20(25)23-14)19(24)21-13-5-8-15-6-3-2-4-7-15/h2-4,6-7,16H,5,8-13H2,1H3,(H,21,24)(H,22,23,25).